The summed E-state index contributed by atoms with van der Waals surface area (Å²) in [6.07, 6.45) is 3.73. The summed E-state index contributed by atoms with van der Waals surface area (Å²) >= 11 is 6.09. The van der Waals surface area contributed by atoms with Crippen molar-refractivity contribution in [2.45, 2.75) is 65.6 Å². The minimum Gasteiger partial charge on any atom is -0.508 e. The zero-order valence-electron chi connectivity index (χ0n) is 19.4. The Morgan fingerprint density at radius 3 is 2.53 bits per heavy atom. The van der Waals surface area contributed by atoms with Gasteiger partial charge in [0.15, 0.2) is 17.0 Å². The van der Waals surface area contributed by atoms with Crippen LogP contribution in [0.25, 0.3) is 11.2 Å². The molecule has 0 aliphatic rings. The molecular weight excluding hydrogens is 428 g/mol. The number of anilines is 2. The van der Waals surface area contributed by atoms with Gasteiger partial charge in [0, 0.05) is 35.6 Å². The zero-order chi connectivity index (χ0) is 23.5. The molecule has 1 atom stereocenters. The molecule has 32 heavy (non-hydrogen) atoms. The van der Waals surface area contributed by atoms with Gasteiger partial charge in [0.2, 0.25) is 5.95 Å². The molecule has 8 nitrogen and oxygen atoms in total. The second kappa shape index (κ2) is 9.92. The summed E-state index contributed by atoms with van der Waals surface area (Å²) in [6, 6.07) is 5.21. The third-order valence-electron chi connectivity index (χ3n) is 6.02. The predicted octanol–water partition coefficient (Wildman–Crippen LogP) is 4.98. The second-order valence-corrected chi connectivity index (χ2v) is 9.19. The lowest BCUT2D eigenvalue weighted by Crippen LogP contribution is -2.33. The molecule has 1 aromatic carbocycles. The van der Waals surface area contributed by atoms with Crippen LogP contribution in [0.2, 0.25) is 5.02 Å². The van der Waals surface area contributed by atoms with E-state index in [-0.39, 0.29) is 17.7 Å². The van der Waals surface area contributed by atoms with Crippen LogP contribution in [0.3, 0.4) is 0 Å². The van der Waals surface area contributed by atoms with E-state index in [1.807, 2.05) is 13.3 Å². The van der Waals surface area contributed by atoms with Crippen molar-refractivity contribution >= 4 is 34.5 Å². The molecule has 0 saturated heterocycles. The summed E-state index contributed by atoms with van der Waals surface area (Å²) in [5, 5.41) is 27.5. The summed E-state index contributed by atoms with van der Waals surface area (Å²) in [4.78, 5) is 14.0. The maximum Gasteiger partial charge on any atom is 0.226 e. The van der Waals surface area contributed by atoms with Crippen molar-refractivity contribution in [3.8, 4) is 5.75 Å². The molecule has 3 rings (SSSR count). The van der Waals surface area contributed by atoms with Gasteiger partial charge in [-0.15, -0.1) is 0 Å². The molecule has 174 valence electrons. The first kappa shape index (κ1) is 24.1. The van der Waals surface area contributed by atoms with Gasteiger partial charge in [-0.25, -0.2) is 4.98 Å². The Labute approximate surface area is 194 Å². The highest BCUT2D eigenvalue weighted by molar-refractivity contribution is 6.30. The van der Waals surface area contributed by atoms with E-state index in [0.29, 0.717) is 41.0 Å². The Morgan fingerprint density at radius 2 is 1.88 bits per heavy atom. The third-order valence-corrected chi connectivity index (χ3v) is 6.25. The van der Waals surface area contributed by atoms with Crippen LogP contribution >= 0.6 is 11.6 Å². The first-order valence-corrected chi connectivity index (χ1v) is 11.4. The molecule has 0 aliphatic carbocycles. The number of aliphatic hydroxyl groups is 1. The van der Waals surface area contributed by atoms with Gasteiger partial charge >= 0.3 is 0 Å². The lowest BCUT2D eigenvalue weighted by Gasteiger charge is -2.26. The third kappa shape index (κ3) is 5.42. The monoisotopic (exact) mass is 460 g/mol. The van der Waals surface area contributed by atoms with Crippen molar-refractivity contribution in [1.29, 1.82) is 0 Å². The highest BCUT2D eigenvalue weighted by Crippen LogP contribution is 2.28. The maximum atomic E-state index is 10.3. The fourth-order valence-corrected chi connectivity index (χ4v) is 3.63. The molecule has 0 amide bonds. The van der Waals surface area contributed by atoms with Gasteiger partial charge in [0.05, 0.1) is 11.9 Å². The summed E-state index contributed by atoms with van der Waals surface area (Å²) < 4.78 is 2.09. The van der Waals surface area contributed by atoms with Crippen molar-refractivity contribution in [2.24, 2.45) is 5.92 Å². The summed E-state index contributed by atoms with van der Waals surface area (Å²) in [5.74, 6) is 1.18. The van der Waals surface area contributed by atoms with Gasteiger partial charge in [-0.3, -0.25) is 0 Å². The van der Waals surface area contributed by atoms with E-state index in [4.69, 9.17) is 16.6 Å². The number of halogens is 1. The average Bonchev–Trinajstić information content (AvgIpc) is 3.16. The topological polar surface area (TPSA) is 108 Å². The van der Waals surface area contributed by atoms with Gasteiger partial charge in [-0.05, 0) is 44.9 Å². The number of aromatic hydroxyl groups is 1. The first-order chi connectivity index (χ1) is 15.1. The number of hydrogen-bond donors (Lipinski definition) is 4. The molecule has 0 aliphatic heterocycles. The van der Waals surface area contributed by atoms with Crippen LogP contribution in [0.5, 0.6) is 5.75 Å². The first-order valence-electron chi connectivity index (χ1n) is 11.1. The van der Waals surface area contributed by atoms with E-state index in [1.165, 1.54) is 0 Å². The normalized spacial score (nSPS) is 13.0. The predicted molar refractivity (Wildman–Crippen MR) is 129 cm³/mol. The summed E-state index contributed by atoms with van der Waals surface area (Å²) in [6.45, 7) is 10.7. The number of benzene rings is 1. The van der Waals surface area contributed by atoms with Crippen molar-refractivity contribution in [3.63, 3.8) is 0 Å². The fourth-order valence-electron chi connectivity index (χ4n) is 3.44. The number of phenols is 1. The Kier molecular flexibility index (Phi) is 7.46. The Hall–Kier alpha value is -2.58. The van der Waals surface area contributed by atoms with E-state index in [0.717, 1.165) is 18.5 Å². The van der Waals surface area contributed by atoms with Gasteiger partial charge in [-0.2, -0.15) is 9.97 Å². The molecule has 2 heterocycles. The molecule has 0 bridgehead atoms. The van der Waals surface area contributed by atoms with Crippen molar-refractivity contribution in [1.82, 2.24) is 19.5 Å². The molecule has 1 unspecified atom stereocenters. The van der Waals surface area contributed by atoms with Gasteiger partial charge in [0.1, 0.15) is 5.75 Å². The van der Waals surface area contributed by atoms with E-state index in [9.17, 15) is 10.2 Å². The molecule has 2 aromatic heterocycles. The van der Waals surface area contributed by atoms with Crippen molar-refractivity contribution in [2.75, 3.05) is 17.2 Å². The number of nitrogens with zero attached hydrogens (tertiary/aromatic N) is 4. The van der Waals surface area contributed by atoms with Crippen LogP contribution in [0.1, 0.15) is 59.1 Å². The van der Waals surface area contributed by atoms with Crippen LogP contribution < -0.4 is 10.6 Å². The van der Waals surface area contributed by atoms with Crippen molar-refractivity contribution < 1.29 is 10.2 Å². The smallest absolute Gasteiger partial charge is 0.226 e. The second-order valence-electron chi connectivity index (χ2n) is 8.75. The van der Waals surface area contributed by atoms with Gasteiger partial charge < -0.3 is 25.4 Å². The van der Waals surface area contributed by atoms with Crippen molar-refractivity contribution in [3.05, 3.63) is 35.1 Å². The van der Waals surface area contributed by atoms with Crippen LogP contribution in [-0.4, -0.2) is 41.9 Å². The highest BCUT2D eigenvalue weighted by atomic mass is 35.5. The number of imidazole rings is 1. The molecular formula is C23H33ClN6O2. The number of hydrogen-bond acceptors (Lipinski definition) is 7. The van der Waals surface area contributed by atoms with E-state index >= 15 is 0 Å². The maximum absolute atomic E-state index is 10.3. The Bertz CT molecular complexity index is 1060. The molecule has 0 radical (unpaired) electrons. The van der Waals surface area contributed by atoms with Gasteiger partial charge in [0.25, 0.3) is 0 Å². The minimum absolute atomic E-state index is 0.00874. The van der Waals surface area contributed by atoms with E-state index < -0.39 is 5.60 Å². The molecule has 0 spiro atoms. The quantitative estimate of drug-likeness (QED) is 0.338. The summed E-state index contributed by atoms with van der Waals surface area (Å²) in [7, 11) is 0. The van der Waals surface area contributed by atoms with Crippen LogP contribution in [0, 0.1) is 5.92 Å². The molecule has 3 aromatic rings. The van der Waals surface area contributed by atoms with Crippen LogP contribution in [-0.2, 0) is 6.54 Å². The van der Waals surface area contributed by atoms with Crippen LogP contribution in [0.15, 0.2) is 24.5 Å². The number of aromatic nitrogens is 4. The summed E-state index contributed by atoms with van der Waals surface area (Å²) in [5.41, 5.74) is 1.25. The molecule has 0 fully saturated rings. The Balaban J connectivity index is 1.96. The number of phenolic OH excluding ortho intramolecular Hbond substituents is 1. The number of nitrogens with one attached hydrogen (secondary N) is 2. The lowest BCUT2D eigenvalue weighted by atomic mass is 9.93. The zero-order valence-corrected chi connectivity index (χ0v) is 20.1. The number of rotatable bonds is 10. The highest BCUT2D eigenvalue weighted by Gasteiger charge is 2.23. The lowest BCUT2D eigenvalue weighted by molar-refractivity contribution is 0.0303. The molecule has 0 saturated carbocycles. The number of fused-ring (bicyclic) bond motifs is 1. The SMILES string of the molecule is CCC(CC)n1cnc2c(NCc3cc(Cl)ccc3O)nc(NCC(C)C(C)(C)O)nc21. The molecule has 4 N–H and O–H groups in total. The van der Waals surface area contributed by atoms with E-state index in [1.54, 1.807) is 32.0 Å². The van der Waals surface area contributed by atoms with E-state index in [2.05, 4.69) is 39.0 Å². The fraction of sp³-hybridized carbons (Fsp3) is 0.522. The van der Waals surface area contributed by atoms with Crippen LogP contribution in [0.4, 0.5) is 11.8 Å². The molecule has 9 heteroatoms. The Morgan fingerprint density at radius 1 is 1.16 bits per heavy atom. The van der Waals surface area contributed by atoms with Gasteiger partial charge in [-0.1, -0.05) is 32.4 Å². The minimum atomic E-state index is -0.820. The largest absolute Gasteiger partial charge is 0.508 e. The average molecular weight is 461 g/mol. The standard InChI is InChI=1S/C23H33ClN6O2/c1-6-17(7-2)30-13-27-19-20(25-12-15-10-16(24)8-9-18(15)31)28-22(29-21(19)30)26-11-14(3)23(4,5)32/h8-10,13-14,17,31-32H,6-7,11-12H2,1-5H3,(H2,25,26,28,29).